The average molecular weight is 360 g/mol. The minimum Gasteiger partial charge on any atom is -0.346 e. The van der Waals surface area contributed by atoms with Gasteiger partial charge < -0.3 is 5.32 Å². The van der Waals surface area contributed by atoms with Gasteiger partial charge in [-0.1, -0.05) is 30.3 Å². The van der Waals surface area contributed by atoms with Crippen molar-refractivity contribution < 1.29 is 13.2 Å². The number of rotatable bonds is 7. The molecule has 0 radical (unpaired) electrons. The molecule has 0 heterocycles. The second kappa shape index (κ2) is 8.16. The van der Waals surface area contributed by atoms with Gasteiger partial charge >= 0.3 is 0 Å². The highest BCUT2D eigenvalue weighted by Crippen LogP contribution is 2.19. The number of nitrogens with one attached hydrogen (secondary N) is 1. The van der Waals surface area contributed by atoms with E-state index >= 15 is 0 Å². The van der Waals surface area contributed by atoms with Crippen LogP contribution in [0.25, 0.3) is 0 Å². The standard InChI is InChI=1S/C19H24N2O3S/c1-4-21(25(23,24)5-2)18-13-11-17(12-14-18)19(22)20-15(3)16-9-7-6-8-10-16/h6-15H,4-5H2,1-3H3,(H,20,22)/t15-/m0/s1. The Labute approximate surface area is 149 Å². The van der Waals surface area contributed by atoms with Gasteiger partial charge in [0, 0.05) is 12.1 Å². The third-order valence-corrected chi connectivity index (χ3v) is 5.92. The Balaban J connectivity index is 2.12. The summed E-state index contributed by atoms with van der Waals surface area (Å²) in [5.74, 6) is -0.151. The molecule has 0 saturated heterocycles. The van der Waals surface area contributed by atoms with Crippen molar-refractivity contribution in [2.75, 3.05) is 16.6 Å². The summed E-state index contributed by atoms with van der Waals surface area (Å²) in [7, 11) is -3.32. The topological polar surface area (TPSA) is 66.5 Å². The van der Waals surface area contributed by atoms with Crippen molar-refractivity contribution in [1.82, 2.24) is 5.32 Å². The van der Waals surface area contributed by atoms with Gasteiger partial charge in [-0.25, -0.2) is 8.42 Å². The zero-order valence-corrected chi connectivity index (χ0v) is 15.6. The van der Waals surface area contributed by atoms with Crippen LogP contribution in [0.15, 0.2) is 54.6 Å². The van der Waals surface area contributed by atoms with Crippen LogP contribution in [0.3, 0.4) is 0 Å². The van der Waals surface area contributed by atoms with Crippen molar-refractivity contribution in [2.24, 2.45) is 0 Å². The smallest absolute Gasteiger partial charge is 0.251 e. The highest BCUT2D eigenvalue weighted by Gasteiger charge is 2.19. The molecule has 2 aromatic rings. The van der Waals surface area contributed by atoms with E-state index in [0.29, 0.717) is 17.8 Å². The zero-order chi connectivity index (χ0) is 18.4. The fraction of sp³-hybridized carbons (Fsp3) is 0.316. The average Bonchev–Trinajstić information content (AvgIpc) is 2.63. The molecule has 0 fully saturated rings. The van der Waals surface area contributed by atoms with Gasteiger partial charge in [0.05, 0.1) is 17.5 Å². The minimum absolute atomic E-state index is 0.0394. The Hall–Kier alpha value is -2.34. The maximum atomic E-state index is 12.4. The van der Waals surface area contributed by atoms with E-state index in [1.54, 1.807) is 38.1 Å². The first-order valence-corrected chi connectivity index (χ1v) is 9.96. The van der Waals surface area contributed by atoms with Crippen molar-refractivity contribution >= 4 is 21.6 Å². The fourth-order valence-corrected chi connectivity index (χ4v) is 3.73. The molecule has 0 saturated carbocycles. The predicted molar refractivity (Wildman–Crippen MR) is 101 cm³/mol. The summed E-state index contributed by atoms with van der Waals surface area (Å²) in [6.45, 7) is 5.68. The van der Waals surface area contributed by atoms with Gasteiger partial charge in [-0.2, -0.15) is 0 Å². The molecular weight excluding hydrogens is 336 g/mol. The van der Waals surface area contributed by atoms with Crippen LogP contribution in [0, 0.1) is 0 Å². The molecule has 0 bridgehead atoms. The van der Waals surface area contributed by atoms with Crippen LogP contribution in [0.2, 0.25) is 0 Å². The van der Waals surface area contributed by atoms with Crippen LogP contribution < -0.4 is 9.62 Å². The fourth-order valence-electron chi connectivity index (χ4n) is 2.58. The molecule has 5 nitrogen and oxygen atoms in total. The summed E-state index contributed by atoms with van der Waals surface area (Å²) in [5, 5.41) is 2.95. The Bertz CT molecular complexity index is 802. The summed E-state index contributed by atoms with van der Waals surface area (Å²) < 4.78 is 25.5. The summed E-state index contributed by atoms with van der Waals surface area (Å²) in [6.07, 6.45) is 0. The molecule has 1 amide bonds. The molecule has 0 aliphatic heterocycles. The minimum atomic E-state index is -3.32. The summed E-state index contributed by atoms with van der Waals surface area (Å²) in [6, 6.07) is 16.2. The summed E-state index contributed by atoms with van der Waals surface area (Å²) in [4.78, 5) is 12.4. The molecule has 2 rings (SSSR count). The normalized spacial score (nSPS) is 12.4. The molecular formula is C19H24N2O3S. The van der Waals surface area contributed by atoms with Crippen LogP contribution in [0.5, 0.6) is 0 Å². The van der Waals surface area contributed by atoms with Crippen LogP contribution in [-0.2, 0) is 10.0 Å². The van der Waals surface area contributed by atoms with E-state index in [4.69, 9.17) is 0 Å². The third-order valence-electron chi connectivity index (χ3n) is 4.05. The van der Waals surface area contributed by atoms with Gasteiger partial charge in [0.1, 0.15) is 0 Å². The summed E-state index contributed by atoms with van der Waals surface area (Å²) in [5.41, 5.74) is 2.09. The van der Waals surface area contributed by atoms with Crippen molar-refractivity contribution in [3.63, 3.8) is 0 Å². The van der Waals surface area contributed by atoms with Gasteiger partial charge in [-0.15, -0.1) is 0 Å². The Morgan fingerprint density at radius 3 is 2.16 bits per heavy atom. The van der Waals surface area contributed by atoms with Crippen molar-refractivity contribution in [3.8, 4) is 0 Å². The molecule has 0 spiro atoms. The number of carbonyl (C=O) groups excluding carboxylic acids is 1. The van der Waals surface area contributed by atoms with Gasteiger partial charge in [-0.3, -0.25) is 9.10 Å². The van der Waals surface area contributed by atoms with Gasteiger partial charge in [0.25, 0.3) is 5.91 Å². The van der Waals surface area contributed by atoms with E-state index < -0.39 is 10.0 Å². The lowest BCUT2D eigenvalue weighted by Gasteiger charge is -2.22. The van der Waals surface area contributed by atoms with E-state index in [2.05, 4.69) is 5.32 Å². The lowest BCUT2D eigenvalue weighted by Crippen LogP contribution is -2.32. The molecule has 0 aliphatic rings. The number of benzene rings is 2. The predicted octanol–water partition coefficient (Wildman–Crippen LogP) is 3.35. The lowest BCUT2D eigenvalue weighted by atomic mass is 10.1. The van der Waals surface area contributed by atoms with Gasteiger partial charge in [0.2, 0.25) is 10.0 Å². The van der Waals surface area contributed by atoms with Crippen LogP contribution >= 0.6 is 0 Å². The van der Waals surface area contributed by atoms with E-state index in [0.717, 1.165) is 5.56 Å². The number of hydrogen-bond donors (Lipinski definition) is 1. The molecule has 0 unspecified atom stereocenters. The first-order chi connectivity index (χ1) is 11.9. The number of amides is 1. The monoisotopic (exact) mass is 360 g/mol. The second-order valence-electron chi connectivity index (χ2n) is 5.72. The zero-order valence-electron chi connectivity index (χ0n) is 14.8. The number of carbonyl (C=O) groups is 1. The Morgan fingerprint density at radius 2 is 1.64 bits per heavy atom. The van der Waals surface area contributed by atoms with Crippen LogP contribution in [-0.4, -0.2) is 26.6 Å². The Kier molecular flexibility index (Phi) is 6.20. The number of nitrogens with zero attached hydrogens (tertiary/aromatic N) is 1. The maximum absolute atomic E-state index is 12.4. The van der Waals surface area contributed by atoms with Gasteiger partial charge in [0.15, 0.2) is 0 Å². The SMILES string of the molecule is CCN(c1ccc(C(=O)N[C@@H](C)c2ccccc2)cc1)S(=O)(=O)CC. The van der Waals surface area contributed by atoms with E-state index in [1.807, 2.05) is 37.3 Å². The highest BCUT2D eigenvalue weighted by atomic mass is 32.2. The lowest BCUT2D eigenvalue weighted by molar-refractivity contribution is 0.0940. The van der Waals surface area contributed by atoms with E-state index in [1.165, 1.54) is 4.31 Å². The highest BCUT2D eigenvalue weighted by molar-refractivity contribution is 7.92. The van der Waals surface area contributed by atoms with E-state index in [9.17, 15) is 13.2 Å². The number of anilines is 1. The summed E-state index contributed by atoms with van der Waals surface area (Å²) >= 11 is 0. The van der Waals surface area contributed by atoms with Crippen molar-refractivity contribution in [3.05, 3.63) is 65.7 Å². The molecule has 134 valence electrons. The molecule has 1 atom stereocenters. The van der Waals surface area contributed by atoms with Crippen molar-refractivity contribution in [1.29, 1.82) is 0 Å². The van der Waals surface area contributed by atoms with E-state index in [-0.39, 0.29) is 17.7 Å². The molecule has 6 heteroatoms. The van der Waals surface area contributed by atoms with Crippen molar-refractivity contribution in [2.45, 2.75) is 26.8 Å². The molecule has 0 aliphatic carbocycles. The largest absolute Gasteiger partial charge is 0.346 e. The third kappa shape index (κ3) is 4.60. The molecule has 2 aromatic carbocycles. The first-order valence-electron chi connectivity index (χ1n) is 8.35. The Morgan fingerprint density at radius 1 is 1.04 bits per heavy atom. The molecule has 1 N–H and O–H groups in total. The van der Waals surface area contributed by atoms with Gasteiger partial charge in [-0.05, 0) is 50.6 Å². The quantitative estimate of drug-likeness (QED) is 0.823. The number of hydrogen-bond acceptors (Lipinski definition) is 3. The molecule has 0 aromatic heterocycles. The number of sulfonamides is 1. The maximum Gasteiger partial charge on any atom is 0.251 e. The van der Waals surface area contributed by atoms with Crippen LogP contribution in [0.4, 0.5) is 5.69 Å². The molecule has 25 heavy (non-hydrogen) atoms. The van der Waals surface area contributed by atoms with Crippen LogP contribution in [0.1, 0.15) is 42.7 Å². The first kappa shape index (κ1) is 19.0. The second-order valence-corrected chi connectivity index (χ2v) is 7.90.